The Morgan fingerprint density at radius 2 is 1.67 bits per heavy atom. The first kappa shape index (κ1) is 19.4. The van der Waals surface area contributed by atoms with Gasteiger partial charge in [-0.1, -0.05) is 59.6 Å². The Kier molecular flexibility index (Phi) is 6.49. The first-order valence-electron chi connectivity index (χ1n) is 8.48. The van der Waals surface area contributed by atoms with Crippen LogP contribution in [0.2, 0.25) is 5.02 Å². The molecule has 0 aliphatic heterocycles. The highest BCUT2D eigenvalue weighted by Gasteiger charge is 2.14. The molecule has 0 N–H and O–H groups in total. The van der Waals surface area contributed by atoms with Gasteiger partial charge in [0.2, 0.25) is 0 Å². The van der Waals surface area contributed by atoms with Crippen molar-refractivity contribution in [2.45, 2.75) is 12.7 Å². The zero-order valence-electron chi connectivity index (χ0n) is 14.8. The lowest BCUT2D eigenvalue weighted by molar-refractivity contribution is 0.104. The molecule has 3 aromatic rings. The average molecular weight is 397 g/mol. The van der Waals surface area contributed by atoms with E-state index in [1.807, 2.05) is 31.2 Å². The Morgan fingerprint density at radius 1 is 1.00 bits per heavy atom. The van der Waals surface area contributed by atoms with Crippen LogP contribution >= 0.6 is 23.4 Å². The molecule has 1 nitrogen and oxygen atoms in total. The topological polar surface area (TPSA) is 17.1 Å². The summed E-state index contributed by atoms with van der Waals surface area (Å²) in [4.78, 5) is 13.5. The van der Waals surface area contributed by atoms with Gasteiger partial charge in [-0.3, -0.25) is 4.79 Å². The molecule has 0 atom stereocenters. The number of carbonyl (C=O) groups excluding carboxylic acids is 1. The molecule has 27 heavy (non-hydrogen) atoms. The number of thioether (sulfide) groups is 1. The molecule has 0 bridgehead atoms. The molecule has 0 amide bonds. The number of rotatable bonds is 6. The molecule has 0 aromatic heterocycles. The molecule has 0 saturated carbocycles. The summed E-state index contributed by atoms with van der Waals surface area (Å²) in [6, 6.07) is 21.3. The van der Waals surface area contributed by atoms with Gasteiger partial charge in [0.1, 0.15) is 5.82 Å². The number of ketones is 1. The smallest absolute Gasteiger partial charge is 0.199 e. The van der Waals surface area contributed by atoms with E-state index in [9.17, 15) is 9.18 Å². The molecule has 0 heterocycles. The van der Waals surface area contributed by atoms with E-state index >= 15 is 0 Å². The van der Waals surface area contributed by atoms with Gasteiger partial charge in [-0.15, -0.1) is 11.8 Å². The molecule has 3 rings (SSSR count). The average Bonchev–Trinajstić information content (AvgIpc) is 2.68. The SMILES string of the molecule is Cc1ccc(CS/C(=C/c2ccccc2F)C(=O)c2ccc(Cl)cc2)cc1. The van der Waals surface area contributed by atoms with Gasteiger partial charge in [0, 0.05) is 21.9 Å². The minimum absolute atomic E-state index is 0.146. The standard InChI is InChI=1S/C23H18ClFOS/c1-16-6-8-17(9-7-16)15-27-22(14-19-4-2-3-5-21(19)25)23(26)18-10-12-20(24)13-11-18/h2-14H,15H2,1H3/b22-14+. The van der Waals surface area contributed by atoms with Crippen molar-refractivity contribution in [3.8, 4) is 0 Å². The van der Waals surface area contributed by atoms with Crippen molar-refractivity contribution in [1.82, 2.24) is 0 Å². The van der Waals surface area contributed by atoms with Gasteiger partial charge in [-0.25, -0.2) is 4.39 Å². The Morgan fingerprint density at radius 3 is 2.33 bits per heavy atom. The summed E-state index contributed by atoms with van der Waals surface area (Å²) in [5, 5.41) is 0.568. The molecular formula is C23H18ClFOS. The molecule has 4 heteroatoms. The second kappa shape index (κ2) is 9.03. The molecule has 0 unspecified atom stereocenters. The second-order valence-electron chi connectivity index (χ2n) is 6.14. The lowest BCUT2D eigenvalue weighted by atomic mass is 10.1. The van der Waals surface area contributed by atoms with Gasteiger partial charge in [0.25, 0.3) is 0 Å². The highest BCUT2D eigenvalue weighted by Crippen LogP contribution is 2.28. The highest BCUT2D eigenvalue weighted by molar-refractivity contribution is 8.03. The molecular weight excluding hydrogens is 379 g/mol. The van der Waals surface area contributed by atoms with Crippen molar-refractivity contribution in [2.24, 2.45) is 0 Å². The van der Waals surface area contributed by atoms with Gasteiger partial charge < -0.3 is 0 Å². The van der Waals surface area contributed by atoms with Crippen LogP contribution in [0, 0.1) is 12.7 Å². The van der Waals surface area contributed by atoms with Crippen molar-refractivity contribution in [3.05, 3.63) is 111 Å². The third-order valence-corrected chi connectivity index (χ3v) is 5.38. The van der Waals surface area contributed by atoms with E-state index < -0.39 is 0 Å². The number of benzene rings is 3. The Balaban J connectivity index is 1.90. The van der Waals surface area contributed by atoms with E-state index in [4.69, 9.17) is 11.6 Å². The fraction of sp³-hybridized carbons (Fsp3) is 0.0870. The summed E-state index contributed by atoms with van der Waals surface area (Å²) in [7, 11) is 0. The van der Waals surface area contributed by atoms with Crippen LogP contribution in [0.25, 0.3) is 6.08 Å². The van der Waals surface area contributed by atoms with Crippen molar-refractivity contribution < 1.29 is 9.18 Å². The summed E-state index contributed by atoms with van der Waals surface area (Å²) in [6.07, 6.45) is 1.62. The summed E-state index contributed by atoms with van der Waals surface area (Å²) in [5.41, 5.74) is 3.21. The molecule has 0 radical (unpaired) electrons. The van der Waals surface area contributed by atoms with Crippen LogP contribution < -0.4 is 0 Å². The monoisotopic (exact) mass is 396 g/mol. The lowest BCUT2D eigenvalue weighted by Gasteiger charge is -2.09. The van der Waals surface area contributed by atoms with E-state index in [1.165, 1.54) is 23.4 Å². The van der Waals surface area contributed by atoms with Crippen molar-refractivity contribution in [3.63, 3.8) is 0 Å². The Labute approximate surface area is 167 Å². The van der Waals surface area contributed by atoms with Crippen molar-refractivity contribution in [2.75, 3.05) is 0 Å². The number of hydrogen-bond acceptors (Lipinski definition) is 2. The van der Waals surface area contributed by atoms with E-state index in [2.05, 4.69) is 0 Å². The normalized spacial score (nSPS) is 11.4. The van der Waals surface area contributed by atoms with Crippen LogP contribution in [-0.2, 0) is 5.75 Å². The Bertz CT molecular complexity index is 962. The molecule has 3 aromatic carbocycles. The number of aryl methyl sites for hydroxylation is 1. The van der Waals surface area contributed by atoms with Gasteiger partial charge in [-0.2, -0.15) is 0 Å². The minimum atomic E-state index is -0.352. The molecule has 136 valence electrons. The minimum Gasteiger partial charge on any atom is -0.288 e. The molecule has 0 saturated heterocycles. The fourth-order valence-corrected chi connectivity index (χ4v) is 3.59. The zero-order chi connectivity index (χ0) is 19.2. The predicted octanol–water partition coefficient (Wildman–Crippen LogP) is 6.94. The van der Waals surface area contributed by atoms with E-state index in [1.54, 1.807) is 48.5 Å². The van der Waals surface area contributed by atoms with Gasteiger partial charge in [0.05, 0.1) is 4.91 Å². The van der Waals surface area contributed by atoms with Crippen LogP contribution in [0.3, 0.4) is 0 Å². The predicted molar refractivity (Wildman–Crippen MR) is 113 cm³/mol. The largest absolute Gasteiger partial charge is 0.288 e. The van der Waals surface area contributed by atoms with E-state index in [-0.39, 0.29) is 11.6 Å². The summed E-state index contributed by atoms with van der Waals surface area (Å²) >= 11 is 7.32. The molecule has 0 aliphatic rings. The molecule has 0 aliphatic carbocycles. The van der Waals surface area contributed by atoms with Crippen LogP contribution in [0.1, 0.15) is 27.0 Å². The quantitative estimate of drug-likeness (QED) is 0.331. The zero-order valence-corrected chi connectivity index (χ0v) is 16.4. The van der Waals surface area contributed by atoms with Crippen LogP contribution in [0.4, 0.5) is 4.39 Å². The van der Waals surface area contributed by atoms with Gasteiger partial charge in [-0.05, 0) is 48.9 Å². The molecule has 0 fully saturated rings. The van der Waals surface area contributed by atoms with Crippen molar-refractivity contribution in [1.29, 1.82) is 0 Å². The number of hydrogen-bond donors (Lipinski definition) is 0. The Hall–Kier alpha value is -2.36. The maximum atomic E-state index is 14.1. The van der Waals surface area contributed by atoms with E-state index in [0.717, 1.165) is 5.56 Å². The lowest BCUT2D eigenvalue weighted by Crippen LogP contribution is -2.01. The number of allylic oxidation sites excluding steroid dienone is 1. The maximum Gasteiger partial charge on any atom is 0.199 e. The van der Waals surface area contributed by atoms with Crippen molar-refractivity contribution >= 4 is 35.2 Å². The maximum absolute atomic E-state index is 14.1. The van der Waals surface area contributed by atoms with Crippen LogP contribution in [-0.4, -0.2) is 5.78 Å². The van der Waals surface area contributed by atoms with Gasteiger partial charge >= 0.3 is 0 Å². The van der Waals surface area contributed by atoms with Crippen LogP contribution in [0.15, 0.2) is 77.7 Å². The van der Waals surface area contributed by atoms with Gasteiger partial charge in [0.15, 0.2) is 5.78 Å². The second-order valence-corrected chi connectivity index (χ2v) is 7.59. The first-order chi connectivity index (χ1) is 13.0. The third kappa shape index (κ3) is 5.31. The number of Topliss-reactive ketones (excluding diaryl/α,β-unsaturated/α-hetero) is 1. The van der Waals surface area contributed by atoms with Crippen LogP contribution in [0.5, 0.6) is 0 Å². The summed E-state index contributed by atoms with van der Waals surface area (Å²) in [6.45, 7) is 2.03. The fourth-order valence-electron chi connectivity index (χ4n) is 2.50. The summed E-state index contributed by atoms with van der Waals surface area (Å²) in [5.74, 6) is 0.127. The number of halogens is 2. The third-order valence-electron chi connectivity index (χ3n) is 4.04. The number of carbonyl (C=O) groups is 1. The summed E-state index contributed by atoms with van der Waals surface area (Å²) < 4.78 is 14.1. The first-order valence-corrected chi connectivity index (χ1v) is 9.84. The van der Waals surface area contributed by atoms with E-state index in [0.29, 0.717) is 26.8 Å². The highest BCUT2D eigenvalue weighted by atomic mass is 35.5. The molecule has 0 spiro atoms.